The molecule has 0 amide bonds. The Hall–Kier alpha value is -3.23. The summed E-state index contributed by atoms with van der Waals surface area (Å²) >= 11 is 6.10. The molecule has 0 bridgehead atoms. The average molecular weight is 664 g/mol. The maximum absolute atomic E-state index is 11.8. The van der Waals surface area contributed by atoms with Crippen LogP contribution in [-0.2, 0) is 22.6 Å². The molecule has 0 saturated heterocycles. The Bertz CT molecular complexity index is 1570. The number of hydrogen-bond acceptors (Lipinski definition) is 6. The number of halogens is 1. The number of aliphatic carboxylic acids is 1. The summed E-state index contributed by atoms with van der Waals surface area (Å²) in [5.41, 5.74) is 2.37. The quantitative estimate of drug-likeness (QED) is 0.191. The Morgan fingerprint density at radius 3 is 2.32 bits per heavy atom. The van der Waals surface area contributed by atoms with Crippen molar-refractivity contribution in [3.05, 3.63) is 99.8 Å². The zero-order valence-electron chi connectivity index (χ0n) is 28.5. The van der Waals surface area contributed by atoms with Crippen LogP contribution in [0.25, 0.3) is 5.57 Å². The van der Waals surface area contributed by atoms with Gasteiger partial charge < -0.3 is 25.2 Å². The summed E-state index contributed by atoms with van der Waals surface area (Å²) in [4.78, 5) is 14.8. The monoisotopic (exact) mass is 663 g/mol. The van der Waals surface area contributed by atoms with Crippen LogP contribution >= 0.6 is 11.6 Å². The zero-order valence-corrected chi connectivity index (χ0v) is 29.3. The summed E-state index contributed by atoms with van der Waals surface area (Å²) in [5, 5.41) is 40.6. The molecule has 254 valence electrons. The van der Waals surface area contributed by atoms with Crippen LogP contribution in [0.1, 0.15) is 114 Å². The van der Waals surface area contributed by atoms with Gasteiger partial charge in [-0.2, -0.15) is 0 Å². The predicted molar refractivity (Wildman–Crippen MR) is 186 cm³/mol. The minimum Gasteiger partial charge on any atom is -0.487 e. The molecule has 47 heavy (non-hydrogen) atoms. The number of ether oxygens (including phenoxy) is 1. The lowest BCUT2D eigenvalue weighted by Crippen LogP contribution is -2.46. The molecular formula is C39H50ClNO6. The molecule has 0 spiro atoms. The number of rotatable bonds is 8. The third-order valence-corrected chi connectivity index (χ3v) is 10.4. The molecular weight excluding hydrogens is 614 g/mol. The highest BCUT2D eigenvalue weighted by Crippen LogP contribution is 2.53. The van der Waals surface area contributed by atoms with Crippen molar-refractivity contribution in [1.29, 1.82) is 0 Å². The number of hydrogen-bond donors (Lipinski definition) is 4. The fraction of sp³-hybridized carbons (Fsp3) is 0.487. The molecule has 8 heteroatoms. The summed E-state index contributed by atoms with van der Waals surface area (Å²) in [6.07, 6.45) is 9.27. The highest BCUT2D eigenvalue weighted by Gasteiger charge is 2.48. The average Bonchev–Trinajstić information content (AvgIpc) is 3.19. The lowest BCUT2D eigenvalue weighted by atomic mass is 9.59. The van der Waals surface area contributed by atoms with Crippen molar-refractivity contribution in [1.82, 2.24) is 4.98 Å². The van der Waals surface area contributed by atoms with E-state index in [1.54, 1.807) is 27.7 Å². The van der Waals surface area contributed by atoms with E-state index in [0.717, 1.165) is 71.4 Å². The Balaban J connectivity index is 0.000000488. The lowest BCUT2D eigenvalue weighted by Gasteiger charge is -2.49. The number of fused-ring (bicyclic) bond motifs is 2. The van der Waals surface area contributed by atoms with Gasteiger partial charge in [0.1, 0.15) is 12.4 Å². The Morgan fingerprint density at radius 2 is 1.74 bits per heavy atom. The van der Waals surface area contributed by atoms with Gasteiger partial charge in [-0.15, -0.1) is 0 Å². The molecule has 1 fully saturated rings. The molecule has 2 aromatic carbocycles. The topological polar surface area (TPSA) is 120 Å². The van der Waals surface area contributed by atoms with Gasteiger partial charge in [0.2, 0.25) is 0 Å². The molecule has 2 heterocycles. The van der Waals surface area contributed by atoms with E-state index in [4.69, 9.17) is 26.6 Å². The zero-order chi connectivity index (χ0) is 34.6. The van der Waals surface area contributed by atoms with Crippen LogP contribution in [0, 0.1) is 11.3 Å². The Labute approximate surface area is 284 Å². The second-order valence-corrected chi connectivity index (χ2v) is 14.6. The molecule has 4 N–H and O–H groups in total. The van der Waals surface area contributed by atoms with E-state index in [-0.39, 0.29) is 18.3 Å². The number of pyridine rings is 1. The van der Waals surface area contributed by atoms with Gasteiger partial charge in [-0.3, -0.25) is 4.98 Å². The van der Waals surface area contributed by atoms with Gasteiger partial charge >= 0.3 is 5.97 Å². The first-order valence-electron chi connectivity index (χ1n) is 16.6. The first-order chi connectivity index (χ1) is 22.0. The standard InChI is InChI=1S/C33H38ClNO3.C6H12O3/c1-31(2)20-22(16-17-33(31,37)23-10-13-25(34)14-11-23)7-5-8-26-27-9-6-18-35-29(27)21-38-30-15-12-24(19-28(26)30)32(3,4)36;1-3-6(9,4-2)5(7)8/h6,8-15,18-19,22,36-37H,5,7,16-17,20-21H2,1-4H3;9H,3-4H2,1-2H3,(H,7,8)/b26-8+;/t22?,33-;/m0./s1. The second-order valence-electron chi connectivity index (χ2n) is 14.2. The van der Waals surface area contributed by atoms with Crippen molar-refractivity contribution in [3.63, 3.8) is 0 Å². The fourth-order valence-electron chi connectivity index (χ4n) is 6.82. The molecule has 5 rings (SSSR count). The normalized spacial score (nSPS) is 21.4. The molecule has 3 aromatic rings. The van der Waals surface area contributed by atoms with E-state index in [9.17, 15) is 15.0 Å². The van der Waals surface area contributed by atoms with Gasteiger partial charge in [0, 0.05) is 22.3 Å². The smallest absolute Gasteiger partial charge is 0.335 e. The third-order valence-electron chi connectivity index (χ3n) is 10.2. The molecule has 1 aromatic heterocycles. The van der Waals surface area contributed by atoms with Crippen LogP contribution in [0.15, 0.2) is 66.9 Å². The molecule has 1 saturated carbocycles. The molecule has 1 unspecified atom stereocenters. The van der Waals surface area contributed by atoms with Crippen LogP contribution in [0.2, 0.25) is 5.02 Å². The van der Waals surface area contributed by atoms with Crippen LogP contribution < -0.4 is 4.74 Å². The van der Waals surface area contributed by atoms with Crippen LogP contribution in [0.3, 0.4) is 0 Å². The van der Waals surface area contributed by atoms with Crippen LogP contribution in [-0.4, -0.2) is 37.0 Å². The van der Waals surface area contributed by atoms with Gasteiger partial charge in [-0.1, -0.05) is 69.6 Å². The Morgan fingerprint density at radius 1 is 1.06 bits per heavy atom. The highest BCUT2D eigenvalue weighted by atomic mass is 35.5. The van der Waals surface area contributed by atoms with E-state index in [1.165, 1.54) is 0 Å². The van der Waals surface area contributed by atoms with E-state index in [0.29, 0.717) is 17.5 Å². The second kappa shape index (κ2) is 14.5. The number of benzene rings is 2. The molecule has 0 radical (unpaired) electrons. The fourth-order valence-corrected chi connectivity index (χ4v) is 6.95. The third kappa shape index (κ3) is 8.09. The number of carboxylic acids is 1. The SMILES string of the molecule is CC(C)(O)c1ccc2c(c1)/C(=C/CCC1CC[C@](O)(c3ccc(Cl)cc3)C(C)(C)C1)c1cccnc1CO2.CCC(O)(CC)C(=O)O. The minimum absolute atomic E-state index is 0.252. The summed E-state index contributed by atoms with van der Waals surface area (Å²) < 4.78 is 6.15. The Kier molecular flexibility index (Phi) is 11.3. The summed E-state index contributed by atoms with van der Waals surface area (Å²) in [7, 11) is 0. The van der Waals surface area contributed by atoms with Crippen molar-refractivity contribution in [2.24, 2.45) is 11.3 Å². The van der Waals surface area contributed by atoms with Gasteiger partial charge in [-0.05, 0) is 117 Å². The summed E-state index contributed by atoms with van der Waals surface area (Å²) in [6, 6.07) is 17.7. The number of carbonyl (C=O) groups is 1. The van der Waals surface area contributed by atoms with Crippen LogP contribution in [0.5, 0.6) is 5.75 Å². The van der Waals surface area contributed by atoms with E-state index in [1.807, 2.05) is 48.7 Å². The summed E-state index contributed by atoms with van der Waals surface area (Å²) in [5.74, 6) is 0.202. The van der Waals surface area contributed by atoms with Gasteiger partial charge in [0.25, 0.3) is 0 Å². The largest absolute Gasteiger partial charge is 0.487 e. The number of carboxylic acid groups (broad SMARTS) is 1. The van der Waals surface area contributed by atoms with Gasteiger partial charge in [0.05, 0.1) is 16.9 Å². The maximum atomic E-state index is 11.8. The molecule has 1 aliphatic carbocycles. The first kappa shape index (κ1) is 36.6. The molecule has 2 aliphatic rings. The van der Waals surface area contributed by atoms with Gasteiger partial charge in [0.15, 0.2) is 5.60 Å². The van der Waals surface area contributed by atoms with E-state index >= 15 is 0 Å². The molecule has 1 aliphatic heterocycles. The number of allylic oxidation sites excluding steroid dienone is 1. The van der Waals surface area contributed by atoms with E-state index < -0.39 is 22.8 Å². The van der Waals surface area contributed by atoms with Crippen molar-refractivity contribution in [2.45, 2.75) is 110 Å². The maximum Gasteiger partial charge on any atom is 0.335 e. The van der Waals surface area contributed by atoms with Crippen molar-refractivity contribution < 1.29 is 30.0 Å². The van der Waals surface area contributed by atoms with Crippen molar-refractivity contribution in [3.8, 4) is 5.75 Å². The summed E-state index contributed by atoms with van der Waals surface area (Å²) in [6.45, 7) is 11.7. The van der Waals surface area contributed by atoms with Gasteiger partial charge in [-0.25, -0.2) is 4.79 Å². The highest BCUT2D eigenvalue weighted by molar-refractivity contribution is 6.30. The predicted octanol–water partition coefficient (Wildman–Crippen LogP) is 8.40. The van der Waals surface area contributed by atoms with Crippen molar-refractivity contribution >= 4 is 23.1 Å². The lowest BCUT2D eigenvalue weighted by molar-refractivity contribution is -0.159. The number of aromatic nitrogens is 1. The van der Waals surface area contributed by atoms with Crippen molar-refractivity contribution in [2.75, 3.05) is 0 Å². The van der Waals surface area contributed by atoms with E-state index in [2.05, 4.69) is 37.0 Å². The first-order valence-corrected chi connectivity index (χ1v) is 17.0. The molecule has 7 nitrogen and oxygen atoms in total. The van der Waals surface area contributed by atoms with Crippen LogP contribution in [0.4, 0.5) is 0 Å². The number of nitrogens with zero attached hydrogens (tertiary/aromatic N) is 1. The number of aliphatic hydroxyl groups is 3. The molecule has 2 atom stereocenters. The minimum atomic E-state index is -1.50.